The molecule has 0 aliphatic rings. The summed E-state index contributed by atoms with van der Waals surface area (Å²) in [5, 5.41) is 4.00. The summed E-state index contributed by atoms with van der Waals surface area (Å²) in [6, 6.07) is 0. The van der Waals surface area contributed by atoms with Gasteiger partial charge >= 0.3 is 0 Å². The highest BCUT2D eigenvalue weighted by Crippen LogP contribution is 2.07. The van der Waals surface area contributed by atoms with Crippen LogP contribution in [0.5, 0.6) is 0 Å². The van der Waals surface area contributed by atoms with Gasteiger partial charge in [0.15, 0.2) is 0 Å². The molecule has 0 atom stereocenters. The van der Waals surface area contributed by atoms with E-state index in [0.29, 0.717) is 45.9 Å². The molecule has 0 radical (unpaired) electrons. The number of sulfonamides is 1. The maximum absolute atomic E-state index is 12.0. The van der Waals surface area contributed by atoms with Crippen molar-refractivity contribution in [1.82, 2.24) is 14.5 Å². The molecule has 0 saturated heterocycles. The van der Waals surface area contributed by atoms with Gasteiger partial charge in [0.05, 0.1) is 19.4 Å². The van der Waals surface area contributed by atoms with Crippen LogP contribution in [-0.2, 0) is 26.0 Å². The molecule has 21 heavy (non-hydrogen) atoms. The number of methoxy groups -OCH3 is 1. The summed E-state index contributed by atoms with van der Waals surface area (Å²) in [5.41, 5.74) is 5.40. The maximum Gasteiger partial charge on any atom is 0.243 e. The van der Waals surface area contributed by atoms with Crippen LogP contribution in [0.4, 0.5) is 0 Å². The van der Waals surface area contributed by atoms with Crippen LogP contribution < -0.4 is 10.5 Å². The molecular weight excluding hydrogens is 296 g/mol. The second-order valence-corrected chi connectivity index (χ2v) is 6.20. The lowest BCUT2D eigenvalue weighted by molar-refractivity contribution is 0.0699. The Bertz CT molecular complexity index is 489. The number of hydrogen-bond acceptors (Lipinski definition) is 6. The van der Waals surface area contributed by atoms with Crippen LogP contribution >= 0.6 is 0 Å². The fraction of sp³-hybridized carbons (Fsp3) is 0.750. The minimum absolute atomic E-state index is 0.167. The Morgan fingerprint density at radius 2 is 2.14 bits per heavy atom. The summed E-state index contributed by atoms with van der Waals surface area (Å²) < 4.78 is 38.2. The average Bonchev–Trinajstić information content (AvgIpc) is 2.94. The first-order valence-corrected chi connectivity index (χ1v) is 8.37. The van der Waals surface area contributed by atoms with Crippen LogP contribution in [0.2, 0.25) is 0 Å². The third kappa shape index (κ3) is 7.00. The number of aryl methyl sites for hydroxylation is 1. The van der Waals surface area contributed by atoms with E-state index < -0.39 is 10.0 Å². The van der Waals surface area contributed by atoms with Gasteiger partial charge in [0, 0.05) is 33.0 Å². The predicted molar refractivity (Wildman–Crippen MR) is 78.4 cm³/mol. The molecule has 0 unspecified atom stereocenters. The maximum atomic E-state index is 12.0. The quantitative estimate of drug-likeness (QED) is 0.506. The zero-order valence-corrected chi connectivity index (χ0v) is 13.1. The van der Waals surface area contributed by atoms with E-state index >= 15 is 0 Å². The van der Waals surface area contributed by atoms with E-state index in [2.05, 4.69) is 9.82 Å². The molecule has 8 nitrogen and oxygen atoms in total. The van der Waals surface area contributed by atoms with Crippen molar-refractivity contribution in [2.24, 2.45) is 5.73 Å². The van der Waals surface area contributed by atoms with Crippen molar-refractivity contribution >= 4 is 10.0 Å². The topological polar surface area (TPSA) is 108 Å². The second kappa shape index (κ2) is 9.85. The van der Waals surface area contributed by atoms with Crippen LogP contribution in [0.1, 0.15) is 12.8 Å². The Hall–Kier alpha value is -1.00. The van der Waals surface area contributed by atoms with Crippen molar-refractivity contribution in [2.45, 2.75) is 24.3 Å². The van der Waals surface area contributed by atoms with E-state index in [1.165, 1.54) is 12.4 Å². The summed E-state index contributed by atoms with van der Waals surface area (Å²) in [6.45, 7) is 3.01. The highest BCUT2D eigenvalue weighted by Gasteiger charge is 2.15. The third-order valence-electron chi connectivity index (χ3n) is 2.70. The number of nitrogens with two attached hydrogens (primary N) is 1. The smallest absolute Gasteiger partial charge is 0.243 e. The molecule has 0 aromatic carbocycles. The van der Waals surface area contributed by atoms with Crippen LogP contribution in [0.25, 0.3) is 0 Å². The normalized spacial score (nSPS) is 11.9. The van der Waals surface area contributed by atoms with Crippen LogP contribution in [-0.4, -0.2) is 58.2 Å². The van der Waals surface area contributed by atoms with E-state index in [9.17, 15) is 8.42 Å². The van der Waals surface area contributed by atoms with Crippen molar-refractivity contribution in [3.8, 4) is 0 Å². The van der Waals surface area contributed by atoms with E-state index in [4.69, 9.17) is 15.2 Å². The number of hydrogen-bond donors (Lipinski definition) is 2. The van der Waals surface area contributed by atoms with Gasteiger partial charge in [-0.05, 0) is 19.4 Å². The van der Waals surface area contributed by atoms with Gasteiger partial charge < -0.3 is 15.2 Å². The number of nitrogens with zero attached hydrogens (tertiary/aromatic N) is 2. The Morgan fingerprint density at radius 3 is 2.86 bits per heavy atom. The third-order valence-corrected chi connectivity index (χ3v) is 4.12. The summed E-state index contributed by atoms with van der Waals surface area (Å²) in [7, 11) is -1.90. The van der Waals surface area contributed by atoms with Crippen LogP contribution in [0.15, 0.2) is 17.3 Å². The highest BCUT2D eigenvalue weighted by molar-refractivity contribution is 7.89. The SMILES string of the molecule is COCCOCCCNS(=O)(=O)c1cnn(CCCN)c1. The minimum Gasteiger partial charge on any atom is -0.382 e. The number of nitrogens with one attached hydrogen (secondary N) is 1. The molecule has 0 amide bonds. The molecule has 0 fully saturated rings. The highest BCUT2D eigenvalue weighted by atomic mass is 32.2. The summed E-state index contributed by atoms with van der Waals surface area (Å²) in [5.74, 6) is 0. The molecule has 122 valence electrons. The fourth-order valence-electron chi connectivity index (χ4n) is 1.57. The Kier molecular flexibility index (Phi) is 8.47. The van der Waals surface area contributed by atoms with Gasteiger partial charge in [-0.2, -0.15) is 5.10 Å². The molecule has 0 spiro atoms. The first-order chi connectivity index (χ1) is 10.1. The Balaban J connectivity index is 2.31. The predicted octanol–water partition coefficient (Wildman–Crippen LogP) is -0.437. The first kappa shape index (κ1) is 18.1. The summed E-state index contributed by atoms with van der Waals surface area (Å²) in [6.07, 6.45) is 4.21. The molecule has 0 aliphatic carbocycles. The molecule has 1 aromatic heterocycles. The van der Waals surface area contributed by atoms with Crippen molar-refractivity contribution in [3.05, 3.63) is 12.4 Å². The number of rotatable bonds is 12. The van der Waals surface area contributed by atoms with Gasteiger partial charge in [0.2, 0.25) is 10.0 Å². The molecule has 3 N–H and O–H groups in total. The lowest BCUT2D eigenvalue weighted by Crippen LogP contribution is -2.25. The Morgan fingerprint density at radius 1 is 1.33 bits per heavy atom. The number of aromatic nitrogens is 2. The second-order valence-electron chi connectivity index (χ2n) is 4.44. The zero-order valence-electron chi connectivity index (χ0n) is 12.3. The summed E-state index contributed by atoms with van der Waals surface area (Å²) >= 11 is 0. The van der Waals surface area contributed by atoms with Gasteiger partial charge in [0.25, 0.3) is 0 Å². The van der Waals surface area contributed by atoms with Gasteiger partial charge in [0.1, 0.15) is 4.90 Å². The molecule has 1 rings (SSSR count). The molecule has 0 bridgehead atoms. The summed E-state index contributed by atoms with van der Waals surface area (Å²) in [4.78, 5) is 0.167. The van der Waals surface area contributed by atoms with Gasteiger partial charge in [-0.1, -0.05) is 0 Å². The van der Waals surface area contributed by atoms with E-state index in [1.807, 2.05) is 0 Å². The molecule has 1 heterocycles. The largest absolute Gasteiger partial charge is 0.382 e. The van der Waals surface area contributed by atoms with Crippen molar-refractivity contribution in [3.63, 3.8) is 0 Å². The standard InChI is InChI=1S/C12H24N4O4S/c1-19-8-9-20-7-3-5-15-21(17,18)12-10-14-16(11-12)6-2-4-13/h10-11,15H,2-9,13H2,1H3. The van der Waals surface area contributed by atoms with Gasteiger partial charge in [-0.3, -0.25) is 4.68 Å². The monoisotopic (exact) mass is 320 g/mol. The number of ether oxygens (including phenoxy) is 2. The fourth-order valence-corrected chi connectivity index (χ4v) is 2.59. The van der Waals surface area contributed by atoms with E-state index in [0.717, 1.165) is 6.42 Å². The first-order valence-electron chi connectivity index (χ1n) is 6.89. The van der Waals surface area contributed by atoms with Crippen LogP contribution in [0, 0.1) is 0 Å². The Labute approximate surface area is 125 Å². The lowest BCUT2D eigenvalue weighted by Gasteiger charge is -2.05. The van der Waals surface area contributed by atoms with Gasteiger partial charge in [-0.25, -0.2) is 13.1 Å². The molecule has 9 heteroatoms. The van der Waals surface area contributed by atoms with E-state index in [-0.39, 0.29) is 4.90 Å². The lowest BCUT2D eigenvalue weighted by atomic mass is 10.4. The minimum atomic E-state index is -3.51. The van der Waals surface area contributed by atoms with E-state index in [1.54, 1.807) is 11.8 Å². The van der Waals surface area contributed by atoms with Crippen molar-refractivity contribution in [2.75, 3.05) is 40.0 Å². The zero-order chi connectivity index (χ0) is 15.6. The average molecular weight is 320 g/mol. The molecule has 0 aliphatic heterocycles. The molecule has 1 aromatic rings. The van der Waals surface area contributed by atoms with Crippen LogP contribution in [0.3, 0.4) is 0 Å². The van der Waals surface area contributed by atoms with Gasteiger partial charge in [-0.15, -0.1) is 0 Å². The molecule has 0 saturated carbocycles. The van der Waals surface area contributed by atoms with Crippen molar-refractivity contribution in [1.29, 1.82) is 0 Å². The molecular formula is C12H24N4O4S. The van der Waals surface area contributed by atoms with Crippen molar-refractivity contribution < 1.29 is 17.9 Å².